The summed E-state index contributed by atoms with van der Waals surface area (Å²) in [5.41, 5.74) is 6.50. The van der Waals surface area contributed by atoms with Gasteiger partial charge < -0.3 is 15.0 Å². The maximum atomic E-state index is 5.68. The van der Waals surface area contributed by atoms with E-state index >= 15 is 0 Å². The molecule has 2 aliphatic rings. The molecule has 4 aromatic rings. The highest BCUT2D eigenvalue weighted by Crippen LogP contribution is 2.32. The van der Waals surface area contributed by atoms with E-state index in [-0.39, 0.29) is 0 Å². The number of hydrogen-bond acceptors (Lipinski definition) is 6. The van der Waals surface area contributed by atoms with Crippen molar-refractivity contribution in [3.63, 3.8) is 0 Å². The lowest BCUT2D eigenvalue weighted by Gasteiger charge is -2.34. The van der Waals surface area contributed by atoms with Gasteiger partial charge in [0.25, 0.3) is 0 Å². The second-order valence-corrected chi connectivity index (χ2v) is 9.80. The summed E-state index contributed by atoms with van der Waals surface area (Å²) in [5.74, 6) is 2.34. The number of rotatable bonds is 5. The van der Waals surface area contributed by atoms with E-state index < -0.39 is 0 Å². The Kier molecular flexibility index (Phi) is 5.88. The number of imidazole rings is 1. The van der Waals surface area contributed by atoms with E-state index in [1.54, 1.807) is 0 Å². The van der Waals surface area contributed by atoms with Crippen LogP contribution in [0.5, 0.6) is 5.75 Å². The summed E-state index contributed by atoms with van der Waals surface area (Å²) < 4.78 is 7.76. The molecule has 6 rings (SSSR count). The fourth-order valence-corrected chi connectivity index (χ4v) is 5.28. The summed E-state index contributed by atoms with van der Waals surface area (Å²) in [4.78, 5) is 11.9. The molecule has 0 bridgehead atoms. The third-order valence-corrected chi connectivity index (χ3v) is 7.33. The first-order chi connectivity index (χ1) is 17.2. The molecule has 0 atom stereocenters. The standard InChI is InChI=1S/C28H32N6O/c1-19(2)33-12-9-21(10-13-33)20-3-6-24(7-4-20)32-27-28-30-11-14-34(28)25(17-31-27)22-5-8-26-23(15-22)16-29-18-35-26/h3-8,11,14-15,17,19,21,29H,9-10,12-13,16,18H2,1-2H3,(H,31,32). The van der Waals surface area contributed by atoms with E-state index in [2.05, 4.69) is 75.2 Å². The van der Waals surface area contributed by atoms with Crippen LogP contribution >= 0.6 is 0 Å². The van der Waals surface area contributed by atoms with Crippen LogP contribution in [0.15, 0.2) is 61.1 Å². The van der Waals surface area contributed by atoms with E-state index in [1.807, 2.05) is 24.7 Å². The maximum absolute atomic E-state index is 5.68. The van der Waals surface area contributed by atoms with Crippen LogP contribution in [0.2, 0.25) is 0 Å². The minimum Gasteiger partial charge on any atom is -0.478 e. The Bertz CT molecular complexity index is 1320. The lowest BCUT2D eigenvalue weighted by atomic mass is 9.89. The van der Waals surface area contributed by atoms with Gasteiger partial charge in [-0.1, -0.05) is 12.1 Å². The molecule has 2 N–H and O–H groups in total. The van der Waals surface area contributed by atoms with Crippen LogP contribution in [-0.2, 0) is 6.54 Å². The molecule has 4 heterocycles. The number of nitrogens with one attached hydrogen (secondary N) is 2. The van der Waals surface area contributed by atoms with E-state index in [9.17, 15) is 0 Å². The number of hydrogen-bond donors (Lipinski definition) is 2. The molecule has 0 amide bonds. The Morgan fingerprint density at radius 2 is 1.89 bits per heavy atom. The topological polar surface area (TPSA) is 66.7 Å². The summed E-state index contributed by atoms with van der Waals surface area (Å²) in [5, 5.41) is 6.73. The van der Waals surface area contributed by atoms with Gasteiger partial charge in [0, 0.05) is 41.8 Å². The van der Waals surface area contributed by atoms with Gasteiger partial charge in [0.1, 0.15) is 12.5 Å². The molecule has 1 fully saturated rings. The van der Waals surface area contributed by atoms with Gasteiger partial charge in [-0.2, -0.15) is 0 Å². The number of anilines is 2. The van der Waals surface area contributed by atoms with Crippen LogP contribution in [0.3, 0.4) is 0 Å². The fourth-order valence-electron chi connectivity index (χ4n) is 5.28. The maximum Gasteiger partial charge on any atom is 0.180 e. The number of fused-ring (bicyclic) bond motifs is 2. The minimum atomic E-state index is 0.554. The first-order valence-corrected chi connectivity index (χ1v) is 12.6. The largest absolute Gasteiger partial charge is 0.478 e. The van der Waals surface area contributed by atoms with Crippen LogP contribution < -0.4 is 15.4 Å². The molecule has 0 spiro atoms. The summed E-state index contributed by atoms with van der Waals surface area (Å²) >= 11 is 0. The Hall–Kier alpha value is -3.42. The van der Waals surface area contributed by atoms with Crippen molar-refractivity contribution in [2.45, 2.75) is 45.2 Å². The molecule has 2 aromatic carbocycles. The van der Waals surface area contributed by atoms with E-state index in [1.165, 1.54) is 31.5 Å². The van der Waals surface area contributed by atoms with Gasteiger partial charge in [-0.15, -0.1) is 0 Å². The lowest BCUT2D eigenvalue weighted by Crippen LogP contribution is -2.37. The zero-order valence-corrected chi connectivity index (χ0v) is 20.4. The summed E-state index contributed by atoms with van der Waals surface area (Å²) in [6, 6.07) is 15.8. The molecule has 1 saturated heterocycles. The molecule has 0 unspecified atom stereocenters. The average molecular weight is 469 g/mol. The average Bonchev–Trinajstić information content (AvgIpc) is 3.40. The number of nitrogens with zero attached hydrogens (tertiary/aromatic N) is 4. The molecule has 0 radical (unpaired) electrons. The summed E-state index contributed by atoms with van der Waals surface area (Å²) in [6.45, 7) is 8.30. The predicted molar refractivity (Wildman–Crippen MR) is 139 cm³/mol. The van der Waals surface area contributed by atoms with Gasteiger partial charge in [-0.3, -0.25) is 9.72 Å². The Balaban J connectivity index is 1.21. The molecule has 7 heteroatoms. The van der Waals surface area contributed by atoms with Crippen molar-refractivity contribution in [2.75, 3.05) is 25.1 Å². The molecular weight excluding hydrogens is 436 g/mol. The van der Waals surface area contributed by atoms with E-state index in [0.29, 0.717) is 18.7 Å². The normalized spacial score (nSPS) is 16.9. The smallest absolute Gasteiger partial charge is 0.180 e. The second kappa shape index (κ2) is 9.32. The van der Waals surface area contributed by atoms with Crippen molar-refractivity contribution in [2.24, 2.45) is 0 Å². The minimum absolute atomic E-state index is 0.554. The van der Waals surface area contributed by atoms with Crippen molar-refractivity contribution in [3.05, 3.63) is 72.2 Å². The van der Waals surface area contributed by atoms with Crippen molar-refractivity contribution in [3.8, 4) is 17.0 Å². The third kappa shape index (κ3) is 4.37. The summed E-state index contributed by atoms with van der Waals surface area (Å²) in [7, 11) is 0. The van der Waals surface area contributed by atoms with Crippen molar-refractivity contribution >= 4 is 17.2 Å². The summed E-state index contributed by atoms with van der Waals surface area (Å²) in [6.07, 6.45) is 8.17. The number of piperidine rings is 1. The number of aromatic nitrogens is 3. The SMILES string of the molecule is CC(C)N1CCC(c2ccc(Nc3ncc(-c4ccc5c(c4)CNCO5)n4ccnc34)cc2)CC1. The number of ether oxygens (including phenoxy) is 1. The van der Waals surface area contributed by atoms with Gasteiger partial charge in [-0.25, -0.2) is 9.97 Å². The van der Waals surface area contributed by atoms with Crippen LogP contribution in [0.1, 0.15) is 43.7 Å². The molecule has 35 heavy (non-hydrogen) atoms. The molecule has 0 saturated carbocycles. The van der Waals surface area contributed by atoms with Gasteiger partial charge in [0.15, 0.2) is 11.5 Å². The molecule has 2 aromatic heterocycles. The molecular formula is C28H32N6O. The molecule has 180 valence electrons. The van der Waals surface area contributed by atoms with Crippen molar-refractivity contribution in [1.29, 1.82) is 0 Å². The number of benzene rings is 2. The van der Waals surface area contributed by atoms with Crippen LogP contribution in [0.4, 0.5) is 11.5 Å². The first kappa shape index (κ1) is 22.1. The van der Waals surface area contributed by atoms with Gasteiger partial charge >= 0.3 is 0 Å². The molecule has 0 aliphatic carbocycles. The monoisotopic (exact) mass is 468 g/mol. The van der Waals surface area contributed by atoms with Gasteiger partial charge in [-0.05, 0) is 81.6 Å². The molecule has 2 aliphatic heterocycles. The van der Waals surface area contributed by atoms with E-state index in [0.717, 1.165) is 46.3 Å². The first-order valence-electron chi connectivity index (χ1n) is 12.6. The highest BCUT2D eigenvalue weighted by molar-refractivity contribution is 5.74. The van der Waals surface area contributed by atoms with Crippen LogP contribution in [-0.4, -0.2) is 45.1 Å². The van der Waals surface area contributed by atoms with Crippen molar-refractivity contribution < 1.29 is 4.74 Å². The second-order valence-electron chi connectivity index (χ2n) is 9.80. The highest BCUT2D eigenvalue weighted by atomic mass is 16.5. The van der Waals surface area contributed by atoms with Gasteiger partial charge in [0.2, 0.25) is 0 Å². The highest BCUT2D eigenvalue weighted by Gasteiger charge is 2.22. The zero-order valence-electron chi connectivity index (χ0n) is 20.4. The quantitative estimate of drug-likeness (QED) is 0.421. The Morgan fingerprint density at radius 3 is 2.69 bits per heavy atom. The lowest BCUT2D eigenvalue weighted by molar-refractivity contribution is 0.172. The fraction of sp³-hybridized carbons (Fsp3) is 0.357. The Labute approximate surface area is 206 Å². The van der Waals surface area contributed by atoms with Crippen molar-refractivity contribution in [1.82, 2.24) is 24.6 Å². The number of likely N-dealkylation sites (tertiary alicyclic amines) is 1. The van der Waals surface area contributed by atoms with Crippen LogP contribution in [0, 0.1) is 0 Å². The van der Waals surface area contributed by atoms with Crippen LogP contribution in [0.25, 0.3) is 16.9 Å². The zero-order chi connectivity index (χ0) is 23.8. The predicted octanol–water partition coefficient (Wildman–Crippen LogP) is 5.17. The van der Waals surface area contributed by atoms with E-state index in [4.69, 9.17) is 9.72 Å². The molecule has 7 nitrogen and oxygen atoms in total. The van der Waals surface area contributed by atoms with Gasteiger partial charge in [0.05, 0.1) is 11.9 Å². The third-order valence-electron chi connectivity index (χ3n) is 7.33. The Morgan fingerprint density at radius 1 is 1.06 bits per heavy atom.